The highest BCUT2D eigenvalue weighted by Crippen LogP contribution is 2.59. The van der Waals surface area contributed by atoms with E-state index >= 15 is 0 Å². The van der Waals surface area contributed by atoms with E-state index in [-0.39, 0.29) is 41.2 Å². The fraction of sp³-hybridized carbons (Fsp3) is 0.905. The van der Waals surface area contributed by atoms with Gasteiger partial charge in [-0.3, -0.25) is 9.59 Å². The Kier molecular flexibility index (Phi) is 6.22. The van der Waals surface area contributed by atoms with Crippen molar-refractivity contribution in [2.24, 2.45) is 40.9 Å². The van der Waals surface area contributed by atoms with Gasteiger partial charge in [0.2, 0.25) is 0 Å². The van der Waals surface area contributed by atoms with Crippen molar-refractivity contribution in [3.05, 3.63) is 0 Å². The van der Waals surface area contributed by atoms with Crippen molar-refractivity contribution in [3.8, 4) is 0 Å². The molecule has 4 nitrogen and oxygen atoms in total. The second-order valence-electron chi connectivity index (χ2n) is 9.49. The maximum absolute atomic E-state index is 12.8. The van der Waals surface area contributed by atoms with Crippen molar-refractivity contribution in [2.45, 2.75) is 73.8 Å². The molecule has 0 amide bonds. The van der Waals surface area contributed by atoms with Crippen LogP contribution in [-0.2, 0) is 19.1 Å². The summed E-state index contributed by atoms with van der Waals surface area (Å²) in [5.41, 5.74) is -0.151. The van der Waals surface area contributed by atoms with E-state index in [1.165, 1.54) is 6.42 Å². The molecule has 2 fully saturated rings. The van der Waals surface area contributed by atoms with Crippen LogP contribution in [0.4, 0.5) is 0 Å². The average Bonchev–Trinajstić information content (AvgIpc) is 3.05. The van der Waals surface area contributed by atoms with Crippen molar-refractivity contribution in [1.29, 1.82) is 0 Å². The van der Waals surface area contributed by atoms with Crippen LogP contribution in [-0.4, -0.2) is 24.6 Å². The molecule has 0 heterocycles. The van der Waals surface area contributed by atoms with Crippen molar-refractivity contribution in [1.82, 2.24) is 0 Å². The van der Waals surface area contributed by atoms with E-state index in [1.54, 1.807) is 0 Å². The first-order valence-electron chi connectivity index (χ1n) is 9.92. The summed E-state index contributed by atoms with van der Waals surface area (Å²) in [6.07, 6.45) is 3.36. The van der Waals surface area contributed by atoms with Crippen LogP contribution in [0, 0.1) is 40.9 Å². The number of ether oxygens (including phenoxy) is 2. The molecule has 2 saturated carbocycles. The van der Waals surface area contributed by atoms with E-state index in [9.17, 15) is 9.59 Å². The Morgan fingerprint density at radius 1 is 1.12 bits per heavy atom. The molecule has 0 aromatic carbocycles. The third-order valence-electron chi connectivity index (χ3n) is 6.41. The van der Waals surface area contributed by atoms with Gasteiger partial charge in [0.15, 0.2) is 0 Å². The average molecular weight is 353 g/mol. The largest absolute Gasteiger partial charge is 0.465 e. The highest BCUT2D eigenvalue weighted by molar-refractivity contribution is 5.78. The van der Waals surface area contributed by atoms with Gasteiger partial charge >= 0.3 is 11.9 Å². The zero-order valence-corrected chi connectivity index (χ0v) is 17.0. The Labute approximate surface area is 153 Å². The topological polar surface area (TPSA) is 52.6 Å². The van der Waals surface area contributed by atoms with Crippen molar-refractivity contribution < 1.29 is 19.1 Å². The SMILES string of the molecule is CC1CCC(C(C)C)C(OC(=O)C2C(COC(=O)C(C)C)C2(C)C)C1. The predicted octanol–water partition coefficient (Wildman–Crippen LogP) is 4.46. The molecule has 0 spiro atoms. The van der Waals surface area contributed by atoms with Crippen LogP contribution in [0.25, 0.3) is 0 Å². The third-order valence-corrected chi connectivity index (χ3v) is 6.41. The molecule has 0 bridgehead atoms. The molecule has 4 heteroatoms. The molecule has 5 atom stereocenters. The van der Waals surface area contributed by atoms with Gasteiger partial charge in [-0.25, -0.2) is 0 Å². The molecule has 0 aromatic rings. The summed E-state index contributed by atoms with van der Waals surface area (Å²) in [6, 6.07) is 0. The van der Waals surface area contributed by atoms with Gasteiger partial charge < -0.3 is 9.47 Å². The standard InChI is InChI=1S/C21H36O4/c1-12(2)15-9-8-14(5)10-17(15)25-20(23)18-16(21(18,6)7)11-24-19(22)13(3)4/h12-18H,8-11H2,1-7H3. The number of esters is 2. The lowest BCUT2D eigenvalue weighted by molar-refractivity contribution is -0.159. The first-order valence-corrected chi connectivity index (χ1v) is 9.92. The molecule has 0 saturated heterocycles. The Morgan fingerprint density at radius 3 is 2.32 bits per heavy atom. The highest BCUT2D eigenvalue weighted by Gasteiger charge is 2.63. The molecule has 0 aliphatic heterocycles. The fourth-order valence-electron chi connectivity index (χ4n) is 4.33. The summed E-state index contributed by atoms with van der Waals surface area (Å²) in [6.45, 7) is 14.8. The fourth-order valence-corrected chi connectivity index (χ4v) is 4.33. The van der Waals surface area contributed by atoms with Crippen LogP contribution < -0.4 is 0 Å². The van der Waals surface area contributed by atoms with Gasteiger partial charge in [0.1, 0.15) is 6.10 Å². The minimum absolute atomic E-state index is 0.0338. The van der Waals surface area contributed by atoms with E-state index in [0.717, 1.165) is 12.8 Å². The maximum Gasteiger partial charge on any atom is 0.310 e. The molecule has 0 radical (unpaired) electrons. The third kappa shape index (κ3) is 4.57. The number of hydrogen-bond acceptors (Lipinski definition) is 4. The minimum Gasteiger partial charge on any atom is -0.465 e. The van der Waals surface area contributed by atoms with Crippen LogP contribution in [0.2, 0.25) is 0 Å². The van der Waals surface area contributed by atoms with E-state index in [1.807, 2.05) is 13.8 Å². The molecule has 5 unspecified atom stereocenters. The first kappa shape index (κ1) is 20.3. The zero-order chi connectivity index (χ0) is 18.9. The monoisotopic (exact) mass is 352 g/mol. The smallest absolute Gasteiger partial charge is 0.310 e. The number of carbonyl (C=O) groups excluding carboxylic acids is 2. The van der Waals surface area contributed by atoms with E-state index in [2.05, 4.69) is 34.6 Å². The second kappa shape index (κ2) is 7.67. The van der Waals surface area contributed by atoms with Crippen LogP contribution >= 0.6 is 0 Å². The van der Waals surface area contributed by atoms with Gasteiger partial charge in [-0.15, -0.1) is 0 Å². The van der Waals surface area contributed by atoms with E-state index < -0.39 is 0 Å². The summed E-state index contributed by atoms with van der Waals surface area (Å²) in [5, 5.41) is 0. The summed E-state index contributed by atoms with van der Waals surface area (Å²) in [4.78, 5) is 24.5. The number of hydrogen-bond donors (Lipinski definition) is 0. The van der Waals surface area contributed by atoms with Crippen LogP contribution in [0.15, 0.2) is 0 Å². The van der Waals surface area contributed by atoms with E-state index in [0.29, 0.717) is 24.4 Å². The Bertz CT molecular complexity index is 494. The highest BCUT2D eigenvalue weighted by atomic mass is 16.5. The predicted molar refractivity (Wildman–Crippen MR) is 97.8 cm³/mol. The van der Waals surface area contributed by atoms with Crippen LogP contribution in [0.3, 0.4) is 0 Å². The molecule has 2 aliphatic carbocycles. The van der Waals surface area contributed by atoms with Gasteiger partial charge in [-0.05, 0) is 36.0 Å². The molecular weight excluding hydrogens is 316 g/mol. The Balaban J connectivity index is 1.94. The van der Waals surface area contributed by atoms with Gasteiger partial charge in [0.05, 0.1) is 18.4 Å². The van der Waals surface area contributed by atoms with Crippen molar-refractivity contribution >= 4 is 11.9 Å². The number of rotatable bonds is 6. The quantitative estimate of drug-likeness (QED) is 0.662. The Hall–Kier alpha value is -1.06. The van der Waals surface area contributed by atoms with Crippen LogP contribution in [0.1, 0.15) is 67.7 Å². The minimum atomic E-state index is -0.198. The lowest BCUT2D eigenvalue weighted by Gasteiger charge is -2.36. The van der Waals surface area contributed by atoms with Crippen molar-refractivity contribution in [3.63, 3.8) is 0 Å². The summed E-state index contributed by atoms with van der Waals surface area (Å²) < 4.78 is 11.4. The van der Waals surface area contributed by atoms with Gasteiger partial charge in [0.25, 0.3) is 0 Å². The summed E-state index contributed by atoms with van der Waals surface area (Å²) in [5.74, 6) is 1.08. The molecule has 2 aliphatic rings. The lowest BCUT2D eigenvalue weighted by atomic mass is 9.75. The normalized spacial score (nSPS) is 34.0. The van der Waals surface area contributed by atoms with Crippen molar-refractivity contribution in [2.75, 3.05) is 6.61 Å². The zero-order valence-electron chi connectivity index (χ0n) is 17.0. The molecule has 144 valence electrons. The van der Waals surface area contributed by atoms with Gasteiger partial charge in [-0.2, -0.15) is 0 Å². The molecule has 0 aromatic heterocycles. The van der Waals surface area contributed by atoms with Gasteiger partial charge in [0, 0.05) is 5.92 Å². The number of carbonyl (C=O) groups is 2. The molecular formula is C21H36O4. The molecule has 2 rings (SSSR count). The Morgan fingerprint density at radius 2 is 1.76 bits per heavy atom. The second-order valence-corrected chi connectivity index (χ2v) is 9.49. The maximum atomic E-state index is 12.8. The summed E-state index contributed by atoms with van der Waals surface area (Å²) >= 11 is 0. The van der Waals surface area contributed by atoms with E-state index in [4.69, 9.17) is 9.47 Å². The molecule has 25 heavy (non-hydrogen) atoms. The first-order chi connectivity index (χ1) is 11.6. The molecule has 0 N–H and O–H groups in total. The lowest BCUT2D eigenvalue weighted by Crippen LogP contribution is -2.36. The summed E-state index contributed by atoms with van der Waals surface area (Å²) in [7, 11) is 0. The van der Waals surface area contributed by atoms with Crippen LogP contribution in [0.5, 0.6) is 0 Å². The van der Waals surface area contributed by atoms with Gasteiger partial charge in [-0.1, -0.05) is 54.9 Å².